The molecule has 3 heterocycles. The van der Waals surface area contributed by atoms with Crippen molar-refractivity contribution in [3.05, 3.63) is 83.0 Å². The molecule has 0 unspecified atom stereocenters. The number of hydrogen-bond acceptors (Lipinski definition) is 6. The average Bonchev–Trinajstić information content (AvgIpc) is 2.88. The number of amides is 1. The molecular formula is C25H24N6O2. The highest BCUT2D eigenvalue weighted by molar-refractivity contribution is 5.77. The summed E-state index contributed by atoms with van der Waals surface area (Å²) in [6.45, 7) is 2.63. The Labute approximate surface area is 190 Å². The summed E-state index contributed by atoms with van der Waals surface area (Å²) in [4.78, 5) is 45.2. The Morgan fingerprint density at radius 2 is 1.70 bits per heavy atom. The first-order valence-electron chi connectivity index (χ1n) is 11.1. The maximum Gasteiger partial charge on any atom is 0.270 e. The van der Waals surface area contributed by atoms with Crippen LogP contribution in [0.4, 0.5) is 5.82 Å². The van der Waals surface area contributed by atoms with Crippen molar-refractivity contribution in [2.45, 2.75) is 12.8 Å². The molecular weight excluding hydrogens is 416 g/mol. The number of aryl methyl sites for hydroxylation is 1. The van der Waals surface area contributed by atoms with Crippen LogP contribution in [0.5, 0.6) is 0 Å². The van der Waals surface area contributed by atoms with Crippen molar-refractivity contribution in [2.75, 3.05) is 31.1 Å². The van der Waals surface area contributed by atoms with Gasteiger partial charge in [0.25, 0.3) is 5.56 Å². The Bertz CT molecular complexity index is 1330. The molecule has 0 atom stereocenters. The smallest absolute Gasteiger partial charge is 0.270 e. The summed E-state index contributed by atoms with van der Waals surface area (Å²) in [6, 6.07) is 19.4. The molecule has 1 N–H and O–H groups in total. The molecule has 0 spiro atoms. The fourth-order valence-corrected chi connectivity index (χ4v) is 4.09. The molecule has 1 aliphatic heterocycles. The minimum absolute atomic E-state index is 0.0386. The molecule has 0 radical (unpaired) electrons. The van der Waals surface area contributed by atoms with Gasteiger partial charge in [0.2, 0.25) is 5.91 Å². The number of nitrogens with zero attached hydrogens (tertiary/aromatic N) is 5. The summed E-state index contributed by atoms with van der Waals surface area (Å²) in [5, 5.41) is 0. The number of para-hydroxylation sites is 2. The molecule has 5 rings (SSSR count). The van der Waals surface area contributed by atoms with Crippen LogP contribution in [0.2, 0.25) is 0 Å². The molecule has 33 heavy (non-hydrogen) atoms. The van der Waals surface area contributed by atoms with E-state index in [1.54, 1.807) is 6.33 Å². The number of anilines is 1. The van der Waals surface area contributed by atoms with E-state index in [1.165, 1.54) is 0 Å². The fourth-order valence-electron chi connectivity index (χ4n) is 4.09. The predicted molar refractivity (Wildman–Crippen MR) is 127 cm³/mol. The fraction of sp³-hybridized carbons (Fsp3) is 0.240. The molecule has 8 nitrogen and oxygen atoms in total. The summed E-state index contributed by atoms with van der Waals surface area (Å²) >= 11 is 0. The molecule has 2 aromatic carbocycles. The number of benzene rings is 2. The van der Waals surface area contributed by atoms with E-state index in [0.717, 1.165) is 22.6 Å². The van der Waals surface area contributed by atoms with Crippen molar-refractivity contribution in [3.8, 4) is 11.3 Å². The van der Waals surface area contributed by atoms with Gasteiger partial charge in [0.1, 0.15) is 17.8 Å². The molecule has 4 aromatic rings. The quantitative estimate of drug-likeness (QED) is 0.513. The van der Waals surface area contributed by atoms with Gasteiger partial charge >= 0.3 is 0 Å². The zero-order valence-corrected chi connectivity index (χ0v) is 18.1. The summed E-state index contributed by atoms with van der Waals surface area (Å²) in [5.74, 6) is 0.902. The van der Waals surface area contributed by atoms with Gasteiger partial charge in [-0.15, -0.1) is 0 Å². The van der Waals surface area contributed by atoms with E-state index in [0.29, 0.717) is 43.8 Å². The van der Waals surface area contributed by atoms with Crippen LogP contribution < -0.4 is 10.5 Å². The largest absolute Gasteiger partial charge is 0.353 e. The summed E-state index contributed by atoms with van der Waals surface area (Å²) in [6.07, 6.45) is 2.18. The van der Waals surface area contributed by atoms with Crippen LogP contribution in [0.3, 0.4) is 0 Å². The first-order valence-corrected chi connectivity index (χ1v) is 11.1. The zero-order chi connectivity index (χ0) is 22.6. The van der Waals surface area contributed by atoms with E-state index in [4.69, 9.17) is 0 Å². The van der Waals surface area contributed by atoms with Gasteiger partial charge in [0.15, 0.2) is 0 Å². The van der Waals surface area contributed by atoms with Crippen LogP contribution in [0.1, 0.15) is 12.1 Å². The first-order chi connectivity index (χ1) is 16.2. The van der Waals surface area contributed by atoms with E-state index in [9.17, 15) is 9.59 Å². The standard InChI is InChI=1S/C25H24N6O2/c32-24(11-10-21-25(33)29-20-9-5-4-8-19(20)28-21)31-14-12-30(13-15-31)23-16-22(26-17-27-23)18-6-2-1-3-7-18/h1-9,16-17H,10-15H2,(H,29,33). The summed E-state index contributed by atoms with van der Waals surface area (Å²) < 4.78 is 0. The maximum atomic E-state index is 12.8. The van der Waals surface area contributed by atoms with Crippen molar-refractivity contribution < 1.29 is 4.79 Å². The second-order valence-electron chi connectivity index (χ2n) is 8.03. The predicted octanol–water partition coefficient (Wildman–Crippen LogP) is 2.66. The van der Waals surface area contributed by atoms with Crippen LogP contribution in [0, 0.1) is 0 Å². The molecule has 8 heteroatoms. The Hall–Kier alpha value is -4.07. The second-order valence-corrected chi connectivity index (χ2v) is 8.03. The number of nitrogens with one attached hydrogen (secondary N) is 1. The van der Waals surface area contributed by atoms with Gasteiger partial charge in [-0.25, -0.2) is 15.0 Å². The lowest BCUT2D eigenvalue weighted by Crippen LogP contribution is -2.49. The number of aromatic nitrogens is 4. The van der Waals surface area contributed by atoms with Crippen LogP contribution >= 0.6 is 0 Å². The third-order valence-corrected chi connectivity index (χ3v) is 5.92. The number of hydrogen-bond donors (Lipinski definition) is 1. The van der Waals surface area contributed by atoms with E-state index >= 15 is 0 Å². The third-order valence-electron chi connectivity index (χ3n) is 5.92. The Kier molecular flexibility index (Phi) is 5.80. The first kappa shape index (κ1) is 20.8. The van der Waals surface area contributed by atoms with Crippen molar-refractivity contribution in [2.24, 2.45) is 0 Å². The average molecular weight is 441 g/mol. The van der Waals surface area contributed by atoms with Gasteiger partial charge in [-0.3, -0.25) is 9.59 Å². The normalized spacial score (nSPS) is 13.9. The van der Waals surface area contributed by atoms with Crippen molar-refractivity contribution >= 4 is 22.8 Å². The number of fused-ring (bicyclic) bond motifs is 1. The number of carbonyl (C=O) groups excluding carboxylic acids is 1. The van der Waals surface area contributed by atoms with Crippen LogP contribution in [0.15, 0.2) is 71.8 Å². The van der Waals surface area contributed by atoms with Crippen molar-refractivity contribution in [3.63, 3.8) is 0 Å². The lowest BCUT2D eigenvalue weighted by atomic mass is 10.1. The molecule has 1 fully saturated rings. The third kappa shape index (κ3) is 4.59. The van der Waals surface area contributed by atoms with Crippen LogP contribution in [-0.4, -0.2) is 56.9 Å². The van der Waals surface area contributed by atoms with E-state index in [-0.39, 0.29) is 17.9 Å². The van der Waals surface area contributed by atoms with Crippen LogP contribution in [0.25, 0.3) is 22.3 Å². The lowest BCUT2D eigenvalue weighted by Gasteiger charge is -2.35. The molecule has 2 aromatic heterocycles. The van der Waals surface area contributed by atoms with Gasteiger partial charge in [0.05, 0.1) is 16.7 Å². The van der Waals surface area contributed by atoms with E-state index in [1.807, 2.05) is 65.6 Å². The van der Waals surface area contributed by atoms with Gasteiger partial charge in [-0.1, -0.05) is 42.5 Å². The number of H-pyrrole nitrogens is 1. The Balaban J connectivity index is 1.19. The van der Waals surface area contributed by atoms with Crippen molar-refractivity contribution in [1.82, 2.24) is 24.8 Å². The topological polar surface area (TPSA) is 95.1 Å². The molecule has 1 amide bonds. The SMILES string of the molecule is O=C(CCc1nc2ccccc2[nH]c1=O)N1CCN(c2cc(-c3ccccc3)ncn2)CC1. The van der Waals surface area contributed by atoms with Gasteiger partial charge < -0.3 is 14.8 Å². The van der Waals surface area contributed by atoms with E-state index in [2.05, 4.69) is 24.8 Å². The molecule has 1 aliphatic rings. The Morgan fingerprint density at radius 1 is 0.939 bits per heavy atom. The number of piperazine rings is 1. The molecule has 0 aliphatic carbocycles. The summed E-state index contributed by atoms with van der Waals surface area (Å²) in [7, 11) is 0. The van der Waals surface area contributed by atoms with Crippen LogP contribution in [-0.2, 0) is 11.2 Å². The minimum atomic E-state index is -0.232. The maximum absolute atomic E-state index is 12.8. The highest BCUT2D eigenvalue weighted by Gasteiger charge is 2.22. The number of aromatic amines is 1. The molecule has 0 bridgehead atoms. The highest BCUT2D eigenvalue weighted by Crippen LogP contribution is 2.21. The van der Waals surface area contributed by atoms with Gasteiger partial charge in [-0.05, 0) is 12.1 Å². The number of rotatable bonds is 5. The van der Waals surface area contributed by atoms with Gasteiger partial charge in [0, 0.05) is 50.7 Å². The van der Waals surface area contributed by atoms with Crippen molar-refractivity contribution in [1.29, 1.82) is 0 Å². The molecule has 166 valence electrons. The van der Waals surface area contributed by atoms with Gasteiger partial charge in [-0.2, -0.15) is 0 Å². The number of carbonyl (C=O) groups is 1. The summed E-state index contributed by atoms with van der Waals surface area (Å²) in [5.41, 5.74) is 3.53. The zero-order valence-electron chi connectivity index (χ0n) is 18.1. The molecule has 1 saturated heterocycles. The lowest BCUT2D eigenvalue weighted by molar-refractivity contribution is -0.131. The highest BCUT2D eigenvalue weighted by atomic mass is 16.2. The Morgan fingerprint density at radius 3 is 2.52 bits per heavy atom. The van der Waals surface area contributed by atoms with E-state index < -0.39 is 0 Å². The minimum Gasteiger partial charge on any atom is -0.353 e. The second kappa shape index (κ2) is 9.20. The monoisotopic (exact) mass is 440 g/mol. The molecule has 0 saturated carbocycles.